The van der Waals surface area contributed by atoms with Crippen LogP contribution in [0, 0.1) is 5.41 Å². The second-order valence-corrected chi connectivity index (χ2v) is 4.54. The molecule has 0 spiro atoms. The Bertz CT molecular complexity index is 184. The molecule has 0 heterocycles. The van der Waals surface area contributed by atoms with E-state index in [4.69, 9.17) is 9.47 Å². The van der Waals surface area contributed by atoms with Crippen LogP contribution in [0.4, 0.5) is 0 Å². The minimum atomic E-state index is 0.309. The molecule has 90 valence electrons. The minimum Gasteiger partial charge on any atom is -0.383 e. The van der Waals surface area contributed by atoms with Gasteiger partial charge in [0.1, 0.15) is 0 Å². The van der Waals surface area contributed by atoms with Crippen LogP contribution < -0.4 is 5.32 Å². The molecule has 3 unspecified atom stereocenters. The number of methoxy groups -OCH3 is 1. The average Bonchev–Trinajstić information content (AvgIpc) is 2.26. The third-order valence-electron chi connectivity index (χ3n) is 3.81. The molecular formula is C12H25NO2. The first-order valence-electron chi connectivity index (χ1n) is 6.03. The summed E-state index contributed by atoms with van der Waals surface area (Å²) >= 11 is 0. The molecule has 3 atom stereocenters. The minimum absolute atomic E-state index is 0.309. The first-order chi connectivity index (χ1) is 7.19. The van der Waals surface area contributed by atoms with Crippen LogP contribution in [0.2, 0.25) is 0 Å². The lowest BCUT2D eigenvalue weighted by atomic mass is 9.61. The second kappa shape index (κ2) is 5.83. The van der Waals surface area contributed by atoms with Gasteiger partial charge in [0, 0.05) is 31.7 Å². The summed E-state index contributed by atoms with van der Waals surface area (Å²) in [4.78, 5) is 0. The molecule has 1 N–H and O–H groups in total. The van der Waals surface area contributed by atoms with Gasteiger partial charge in [-0.2, -0.15) is 0 Å². The Kier molecular flexibility index (Phi) is 5.03. The molecule has 0 saturated heterocycles. The molecule has 0 aromatic rings. The van der Waals surface area contributed by atoms with E-state index in [-0.39, 0.29) is 0 Å². The van der Waals surface area contributed by atoms with Crippen molar-refractivity contribution in [3.8, 4) is 0 Å². The van der Waals surface area contributed by atoms with Gasteiger partial charge in [-0.3, -0.25) is 0 Å². The lowest BCUT2D eigenvalue weighted by Crippen LogP contribution is -2.62. The molecule has 1 aliphatic rings. The van der Waals surface area contributed by atoms with Gasteiger partial charge in [0.15, 0.2) is 0 Å². The molecule has 3 heteroatoms. The van der Waals surface area contributed by atoms with E-state index in [0.717, 1.165) is 26.2 Å². The van der Waals surface area contributed by atoms with Crippen LogP contribution in [-0.4, -0.2) is 39.0 Å². The molecule has 0 bridgehead atoms. The highest BCUT2D eigenvalue weighted by atomic mass is 16.5. The van der Waals surface area contributed by atoms with Crippen LogP contribution in [0.25, 0.3) is 0 Å². The van der Waals surface area contributed by atoms with E-state index in [2.05, 4.69) is 26.1 Å². The summed E-state index contributed by atoms with van der Waals surface area (Å²) in [5.41, 5.74) is 0.309. The highest BCUT2D eigenvalue weighted by Gasteiger charge is 2.50. The van der Waals surface area contributed by atoms with E-state index in [9.17, 15) is 0 Å². The van der Waals surface area contributed by atoms with Gasteiger partial charge < -0.3 is 14.8 Å². The largest absolute Gasteiger partial charge is 0.383 e. The second-order valence-electron chi connectivity index (χ2n) is 4.54. The van der Waals surface area contributed by atoms with Gasteiger partial charge in [0.05, 0.1) is 12.7 Å². The zero-order valence-corrected chi connectivity index (χ0v) is 10.5. The Labute approximate surface area is 93.5 Å². The van der Waals surface area contributed by atoms with Crippen LogP contribution in [0.3, 0.4) is 0 Å². The van der Waals surface area contributed by atoms with E-state index in [1.54, 1.807) is 7.11 Å². The van der Waals surface area contributed by atoms with Gasteiger partial charge in [0.2, 0.25) is 0 Å². The summed E-state index contributed by atoms with van der Waals surface area (Å²) in [5, 5.41) is 3.54. The molecule has 1 saturated carbocycles. The molecule has 1 rings (SSSR count). The molecule has 0 aromatic heterocycles. The summed E-state index contributed by atoms with van der Waals surface area (Å²) in [5.74, 6) is 0. The van der Waals surface area contributed by atoms with Crippen molar-refractivity contribution in [3.63, 3.8) is 0 Å². The first-order valence-corrected chi connectivity index (χ1v) is 6.03. The van der Waals surface area contributed by atoms with Gasteiger partial charge >= 0.3 is 0 Å². The fourth-order valence-corrected chi connectivity index (χ4v) is 2.40. The summed E-state index contributed by atoms with van der Waals surface area (Å²) in [6.07, 6.45) is 2.75. The van der Waals surface area contributed by atoms with Crippen LogP contribution >= 0.6 is 0 Å². The first kappa shape index (κ1) is 12.9. The highest BCUT2D eigenvalue weighted by molar-refractivity contribution is 5.04. The van der Waals surface area contributed by atoms with Crippen molar-refractivity contribution >= 4 is 0 Å². The quantitative estimate of drug-likeness (QED) is 0.657. The van der Waals surface area contributed by atoms with Crippen LogP contribution in [0.1, 0.15) is 33.6 Å². The number of nitrogens with one attached hydrogen (secondary N) is 1. The number of ether oxygens (including phenoxy) is 2. The summed E-state index contributed by atoms with van der Waals surface area (Å²) in [6.45, 7) is 9.19. The fraction of sp³-hybridized carbons (Fsp3) is 1.00. The number of hydrogen-bond donors (Lipinski definition) is 1. The normalized spacial score (nSPS) is 35.2. The molecule has 0 aromatic carbocycles. The standard InChI is InChI=1S/C12H25NO2/c1-5-12(3)10(13-7-8-14-4)9-11(12)15-6-2/h10-11,13H,5-9H2,1-4H3. The van der Waals surface area contributed by atoms with Gasteiger partial charge in [-0.1, -0.05) is 13.8 Å². The zero-order valence-electron chi connectivity index (χ0n) is 10.5. The van der Waals surface area contributed by atoms with Crippen molar-refractivity contribution in [1.29, 1.82) is 0 Å². The number of hydrogen-bond acceptors (Lipinski definition) is 3. The maximum absolute atomic E-state index is 5.75. The van der Waals surface area contributed by atoms with Crippen molar-refractivity contribution in [2.75, 3.05) is 26.9 Å². The molecule has 1 aliphatic carbocycles. The van der Waals surface area contributed by atoms with Crippen molar-refractivity contribution in [2.24, 2.45) is 5.41 Å². The molecule has 0 aliphatic heterocycles. The molecule has 0 radical (unpaired) electrons. The zero-order chi connectivity index (χ0) is 11.3. The van der Waals surface area contributed by atoms with E-state index in [1.165, 1.54) is 6.42 Å². The van der Waals surface area contributed by atoms with Crippen molar-refractivity contribution in [2.45, 2.75) is 45.8 Å². The smallest absolute Gasteiger partial charge is 0.0658 e. The maximum atomic E-state index is 5.75. The Morgan fingerprint density at radius 1 is 1.40 bits per heavy atom. The predicted octanol–water partition coefficient (Wildman–Crippen LogP) is 1.82. The average molecular weight is 215 g/mol. The van der Waals surface area contributed by atoms with Crippen molar-refractivity contribution in [1.82, 2.24) is 5.32 Å². The van der Waals surface area contributed by atoms with Crippen molar-refractivity contribution in [3.05, 3.63) is 0 Å². The molecule has 0 amide bonds. The SMILES string of the molecule is CCOC1CC(NCCOC)C1(C)CC. The van der Waals surface area contributed by atoms with Crippen LogP contribution in [0.15, 0.2) is 0 Å². The molecular weight excluding hydrogens is 190 g/mol. The summed E-state index contributed by atoms with van der Waals surface area (Å²) in [6, 6.07) is 0.592. The lowest BCUT2D eigenvalue weighted by molar-refractivity contribution is -0.126. The van der Waals surface area contributed by atoms with Gasteiger partial charge in [-0.15, -0.1) is 0 Å². The van der Waals surface area contributed by atoms with E-state index < -0.39 is 0 Å². The van der Waals surface area contributed by atoms with Crippen LogP contribution in [-0.2, 0) is 9.47 Å². The number of rotatable bonds is 7. The van der Waals surface area contributed by atoms with Crippen LogP contribution in [0.5, 0.6) is 0 Å². The Balaban J connectivity index is 2.35. The van der Waals surface area contributed by atoms with E-state index in [1.807, 2.05) is 0 Å². The van der Waals surface area contributed by atoms with Gasteiger partial charge in [-0.25, -0.2) is 0 Å². The third-order valence-corrected chi connectivity index (χ3v) is 3.81. The van der Waals surface area contributed by atoms with Gasteiger partial charge in [-0.05, 0) is 19.8 Å². The lowest BCUT2D eigenvalue weighted by Gasteiger charge is -2.53. The third kappa shape index (κ3) is 2.71. The summed E-state index contributed by atoms with van der Waals surface area (Å²) in [7, 11) is 1.74. The monoisotopic (exact) mass is 215 g/mol. The summed E-state index contributed by atoms with van der Waals surface area (Å²) < 4.78 is 10.8. The highest BCUT2D eigenvalue weighted by Crippen LogP contribution is 2.45. The van der Waals surface area contributed by atoms with Crippen molar-refractivity contribution < 1.29 is 9.47 Å². The van der Waals surface area contributed by atoms with E-state index >= 15 is 0 Å². The molecule has 1 fully saturated rings. The Hall–Kier alpha value is -0.120. The Morgan fingerprint density at radius 2 is 2.13 bits per heavy atom. The maximum Gasteiger partial charge on any atom is 0.0658 e. The molecule has 15 heavy (non-hydrogen) atoms. The Morgan fingerprint density at radius 3 is 2.67 bits per heavy atom. The molecule has 3 nitrogen and oxygen atoms in total. The van der Waals surface area contributed by atoms with Gasteiger partial charge in [0.25, 0.3) is 0 Å². The predicted molar refractivity (Wildman–Crippen MR) is 62.1 cm³/mol. The van der Waals surface area contributed by atoms with E-state index in [0.29, 0.717) is 17.6 Å². The fourth-order valence-electron chi connectivity index (χ4n) is 2.40. The topological polar surface area (TPSA) is 30.5 Å².